The molecule has 0 bridgehead atoms. The maximum atomic E-state index is 12.8. The summed E-state index contributed by atoms with van der Waals surface area (Å²) in [6.45, 7) is 1.28. The lowest BCUT2D eigenvalue weighted by Gasteiger charge is -2.52. The summed E-state index contributed by atoms with van der Waals surface area (Å²) >= 11 is 0. The first-order valence-electron chi connectivity index (χ1n) is 11.0. The van der Waals surface area contributed by atoms with E-state index >= 15 is 0 Å². The summed E-state index contributed by atoms with van der Waals surface area (Å²) in [5.41, 5.74) is 0.293. The van der Waals surface area contributed by atoms with Crippen LogP contribution in [0.4, 0.5) is 0 Å². The molecule has 7 nitrogen and oxygen atoms in total. The largest absolute Gasteiger partial charge is 0.497 e. The molecular weight excluding hydrogens is 396 g/mol. The highest BCUT2D eigenvalue weighted by atomic mass is 16.5. The number of piperidine rings is 1. The van der Waals surface area contributed by atoms with Gasteiger partial charge >= 0.3 is 0 Å². The number of amides is 1. The molecule has 2 N–H and O–H groups in total. The molecule has 1 aromatic heterocycles. The summed E-state index contributed by atoms with van der Waals surface area (Å²) in [5.74, 6) is 2.16. The Morgan fingerprint density at radius 3 is 2.87 bits per heavy atom. The fourth-order valence-corrected chi connectivity index (χ4v) is 5.24. The van der Waals surface area contributed by atoms with E-state index in [0.29, 0.717) is 19.5 Å². The fourth-order valence-electron chi connectivity index (χ4n) is 5.24. The topological polar surface area (TPSA) is 84.2 Å². The third kappa shape index (κ3) is 4.57. The minimum Gasteiger partial charge on any atom is -0.497 e. The van der Waals surface area contributed by atoms with Crippen molar-refractivity contribution in [2.24, 2.45) is 5.92 Å². The summed E-state index contributed by atoms with van der Waals surface area (Å²) in [6.07, 6.45) is 6.15. The SMILES string of the molecule is COc1ccc([C@@H]2[C@@H]3CCCC[C@@]3(O)CCN2CC(=O)NCc2ccco2)c(OC)c1. The van der Waals surface area contributed by atoms with Crippen LogP contribution >= 0.6 is 0 Å². The van der Waals surface area contributed by atoms with E-state index in [2.05, 4.69) is 10.2 Å². The van der Waals surface area contributed by atoms with E-state index in [4.69, 9.17) is 13.9 Å². The molecule has 2 aliphatic rings. The number of ether oxygens (including phenoxy) is 2. The molecule has 0 radical (unpaired) electrons. The zero-order valence-corrected chi connectivity index (χ0v) is 18.3. The molecule has 1 saturated heterocycles. The van der Waals surface area contributed by atoms with Crippen LogP contribution in [0.5, 0.6) is 11.5 Å². The molecule has 7 heteroatoms. The predicted molar refractivity (Wildman–Crippen MR) is 116 cm³/mol. The lowest BCUT2D eigenvalue weighted by molar-refractivity contribution is -0.138. The highest BCUT2D eigenvalue weighted by molar-refractivity contribution is 5.78. The van der Waals surface area contributed by atoms with Crippen LogP contribution in [-0.4, -0.2) is 48.8 Å². The molecule has 2 fully saturated rings. The first-order valence-corrected chi connectivity index (χ1v) is 11.0. The molecule has 4 rings (SSSR count). The standard InChI is InChI=1S/C24H32N2O5/c1-29-17-8-9-19(21(14-17)30-2)23-20-7-3-4-10-24(20,28)11-12-26(23)16-22(27)25-15-18-6-5-13-31-18/h5-6,8-9,13-14,20,23,28H,3-4,7,10-12,15-16H2,1-2H3,(H,25,27)/t20-,23+,24+/m0/s1. The summed E-state index contributed by atoms with van der Waals surface area (Å²) in [4.78, 5) is 15.0. The molecule has 1 amide bonds. The zero-order valence-electron chi connectivity index (χ0n) is 18.3. The number of aliphatic hydroxyl groups is 1. The van der Waals surface area contributed by atoms with Crippen molar-refractivity contribution in [3.63, 3.8) is 0 Å². The third-order valence-electron chi connectivity index (χ3n) is 6.82. The molecule has 31 heavy (non-hydrogen) atoms. The molecule has 1 aromatic carbocycles. The molecule has 3 atom stereocenters. The van der Waals surface area contributed by atoms with E-state index < -0.39 is 5.60 Å². The quantitative estimate of drug-likeness (QED) is 0.704. The summed E-state index contributed by atoms with van der Waals surface area (Å²) < 4.78 is 16.4. The Bertz CT molecular complexity index is 884. The van der Waals surface area contributed by atoms with Gasteiger partial charge in [-0.25, -0.2) is 0 Å². The lowest BCUT2D eigenvalue weighted by atomic mass is 9.66. The Labute approximate surface area is 183 Å². The second kappa shape index (κ2) is 9.32. The number of hydrogen-bond donors (Lipinski definition) is 2. The average molecular weight is 429 g/mol. The molecule has 2 aromatic rings. The summed E-state index contributed by atoms with van der Waals surface area (Å²) in [6, 6.07) is 9.35. The van der Waals surface area contributed by atoms with Gasteiger partial charge in [0.15, 0.2) is 0 Å². The van der Waals surface area contributed by atoms with Gasteiger partial charge in [0.2, 0.25) is 5.91 Å². The van der Waals surface area contributed by atoms with Gasteiger partial charge in [-0.1, -0.05) is 18.9 Å². The maximum Gasteiger partial charge on any atom is 0.234 e. The van der Waals surface area contributed by atoms with E-state index in [1.807, 2.05) is 30.3 Å². The number of carbonyl (C=O) groups is 1. The van der Waals surface area contributed by atoms with Crippen molar-refractivity contribution in [1.29, 1.82) is 0 Å². The van der Waals surface area contributed by atoms with Gasteiger partial charge in [-0.05, 0) is 37.5 Å². The van der Waals surface area contributed by atoms with Crippen LogP contribution in [0.25, 0.3) is 0 Å². The van der Waals surface area contributed by atoms with Crippen molar-refractivity contribution >= 4 is 5.91 Å². The number of rotatable bonds is 7. The monoisotopic (exact) mass is 428 g/mol. The Morgan fingerprint density at radius 2 is 2.13 bits per heavy atom. The first-order chi connectivity index (χ1) is 15.0. The van der Waals surface area contributed by atoms with Crippen LogP contribution in [0, 0.1) is 5.92 Å². The van der Waals surface area contributed by atoms with Gasteiger partial charge in [-0.2, -0.15) is 0 Å². The first kappa shape index (κ1) is 21.7. The number of nitrogens with zero attached hydrogens (tertiary/aromatic N) is 1. The Hall–Kier alpha value is -2.51. The van der Waals surface area contributed by atoms with Crippen LogP contribution in [0.3, 0.4) is 0 Å². The molecule has 1 aliphatic heterocycles. The second-order valence-corrected chi connectivity index (χ2v) is 8.59. The van der Waals surface area contributed by atoms with Gasteiger partial charge in [0, 0.05) is 30.1 Å². The molecule has 1 aliphatic carbocycles. The number of methoxy groups -OCH3 is 2. The van der Waals surface area contributed by atoms with Gasteiger partial charge in [-0.3, -0.25) is 9.69 Å². The van der Waals surface area contributed by atoms with Gasteiger partial charge in [0.25, 0.3) is 0 Å². The predicted octanol–water partition coefficient (Wildman–Crippen LogP) is 3.28. The third-order valence-corrected chi connectivity index (χ3v) is 6.82. The molecule has 0 unspecified atom stereocenters. The van der Waals surface area contributed by atoms with E-state index in [-0.39, 0.29) is 24.4 Å². The van der Waals surface area contributed by atoms with Crippen molar-refractivity contribution in [2.45, 2.75) is 50.3 Å². The Kier molecular flexibility index (Phi) is 6.53. The molecule has 1 saturated carbocycles. The van der Waals surface area contributed by atoms with Crippen molar-refractivity contribution in [2.75, 3.05) is 27.3 Å². The van der Waals surface area contributed by atoms with Crippen molar-refractivity contribution in [1.82, 2.24) is 10.2 Å². The minimum absolute atomic E-state index is 0.0511. The minimum atomic E-state index is -0.699. The van der Waals surface area contributed by atoms with E-state index in [1.165, 1.54) is 0 Å². The zero-order chi connectivity index (χ0) is 21.8. The normalized spacial score (nSPS) is 26.2. The van der Waals surface area contributed by atoms with Gasteiger partial charge in [0.05, 0.1) is 39.2 Å². The highest BCUT2D eigenvalue weighted by Gasteiger charge is 2.49. The number of hydrogen-bond acceptors (Lipinski definition) is 6. The average Bonchev–Trinajstić information content (AvgIpc) is 3.31. The van der Waals surface area contributed by atoms with Crippen LogP contribution in [0.15, 0.2) is 41.0 Å². The molecule has 0 spiro atoms. The van der Waals surface area contributed by atoms with Crippen LogP contribution < -0.4 is 14.8 Å². The van der Waals surface area contributed by atoms with Crippen LogP contribution in [-0.2, 0) is 11.3 Å². The second-order valence-electron chi connectivity index (χ2n) is 8.59. The Balaban J connectivity index is 1.60. The number of fused-ring (bicyclic) bond motifs is 1. The fraction of sp³-hybridized carbons (Fsp3) is 0.542. The van der Waals surface area contributed by atoms with Crippen molar-refractivity contribution < 1.29 is 23.8 Å². The van der Waals surface area contributed by atoms with E-state index in [0.717, 1.165) is 48.5 Å². The number of furan rings is 1. The van der Waals surface area contributed by atoms with Crippen LogP contribution in [0.1, 0.15) is 49.5 Å². The van der Waals surface area contributed by atoms with Gasteiger partial charge in [0.1, 0.15) is 17.3 Å². The number of carbonyl (C=O) groups excluding carboxylic acids is 1. The Morgan fingerprint density at radius 1 is 1.26 bits per heavy atom. The van der Waals surface area contributed by atoms with Crippen LogP contribution in [0.2, 0.25) is 0 Å². The lowest BCUT2D eigenvalue weighted by Crippen LogP contribution is -2.56. The molecule has 2 heterocycles. The van der Waals surface area contributed by atoms with E-state index in [1.54, 1.807) is 20.5 Å². The number of likely N-dealkylation sites (tertiary alicyclic amines) is 1. The number of benzene rings is 1. The smallest absolute Gasteiger partial charge is 0.234 e. The van der Waals surface area contributed by atoms with Gasteiger partial charge in [-0.15, -0.1) is 0 Å². The van der Waals surface area contributed by atoms with Crippen molar-refractivity contribution in [3.8, 4) is 11.5 Å². The summed E-state index contributed by atoms with van der Waals surface area (Å²) in [7, 11) is 3.28. The highest BCUT2D eigenvalue weighted by Crippen LogP contribution is 2.51. The summed E-state index contributed by atoms with van der Waals surface area (Å²) in [5, 5.41) is 14.4. The maximum absolute atomic E-state index is 12.8. The van der Waals surface area contributed by atoms with E-state index in [9.17, 15) is 9.90 Å². The number of nitrogens with one attached hydrogen (secondary N) is 1. The molecule has 168 valence electrons. The van der Waals surface area contributed by atoms with Gasteiger partial charge < -0.3 is 24.3 Å². The molecular formula is C24H32N2O5. The van der Waals surface area contributed by atoms with Crippen molar-refractivity contribution in [3.05, 3.63) is 47.9 Å².